The Bertz CT molecular complexity index is 547. The lowest BCUT2D eigenvalue weighted by molar-refractivity contribution is -0.139. The molecule has 4 fully saturated rings. The monoisotopic (exact) mass is 385 g/mol. The van der Waals surface area contributed by atoms with Crippen LogP contribution >= 0.6 is 12.9 Å². The molecule has 9 nitrogen and oxygen atoms in total. The van der Waals surface area contributed by atoms with Gasteiger partial charge in [0.1, 0.15) is 6.04 Å². The number of urea groups is 1. The van der Waals surface area contributed by atoms with Crippen molar-refractivity contribution in [3.05, 3.63) is 0 Å². The van der Waals surface area contributed by atoms with Gasteiger partial charge in [-0.05, 0) is 45.2 Å². The van der Waals surface area contributed by atoms with E-state index in [0.717, 1.165) is 13.0 Å². The summed E-state index contributed by atoms with van der Waals surface area (Å²) in [5.41, 5.74) is 2.54. The van der Waals surface area contributed by atoms with Crippen molar-refractivity contribution in [1.82, 2.24) is 25.7 Å². The van der Waals surface area contributed by atoms with E-state index in [-0.39, 0.29) is 24.0 Å². The molecule has 10 heteroatoms. The fourth-order valence-corrected chi connectivity index (χ4v) is 4.81. The van der Waals surface area contributed by atoms with Crippen LogP contribution in [0.5, 0.6) is 0 Å². The standard InChI is InChI=1S/C16H27N5O4S/c22-15(14-4-3-12-9-20(14)16(23)21(12)25-26)18-24-10-11-7-13(8-17-11)19-5-1-2-6-19/h11-14,17,26H,1-10H2,(H,18,22)/t11-,12?,13-,14?/m0/s1. The van der Waals surface area contributed by atoms with E-state index in [2.05, 4.69) is 28.6 Å². The second kappa shape index (κ2) is 7.89. The lowest BCUT2D eigenvalue weighted by atomic mass is 10.0. The van der Waals surface area contributed by atoms with Gasteiger partial charge in [0, 0.05) is 38.1 Å². The van der Waals surface area contributed by atoms with Crippen LogP contribution in [0, 0.1) is 0 Å². The number of nitrogens with zero attached hydrogens (tertiary/aromatic N) is 3. The van der Waals surface area contributed by atoms with Crippen molar-refractivity contribution in [2.45, 2.75) is 56.3 Å². The predicted octanol–water partition coefficient (Wildman–Crippen LogP) is -0.0945. The molecule has 4 atom stereocenters. The van der Waals surface area contributed by atoms with Crippen LogP contribution in [0.25, 0.3) is 0 Å². The Balaban J connectivity index is 1.21. The van der Waals surface area contributed by atoms with Crippen molar-refractivity contribution < 1.29 is 18.7 Å². The molecular weight excluding hydrogens is 358 g/mol. The predicted molar refractivity (Wildman–Crippen MR) is 95.9 cm³/mol. The summed E-state index contributed by atoms with van der Waals surface area (Å²) in [7, 11) is 0. The van der Waals surface area contributed by atoms with E-state index in [1.54, 1.807) is 0 Å². The number of hydrogen-bond acceptors (Lipinski definition) is 7. The van der Waals surface area contributed by atoms with Crippen LogP contribution in [0.15, 0.2) is 0 Å². The molecule has 2 unspecified atom stereocenters. The lowest BCUT2D eigenvalue weighted by Crippen LogP contribution is -2.50. The zero-order valence-electron chi connectivity index (χ0n) is 14.8. The van der Waals surface area contributed by atoms with E-state index in [0.29, 0.717) is 32.0 Å². The largest absolute Gasteiger partial charge is 0.345 e. The summed E-state index contributed by atoms with van der Waals surface area (Å²) in [6, 6.07) is -0.0329. The fourth-order valence-electron chi connectivity index (χ4n) is 4.60. The number of carbonyl (C=O) groups excluding carboxylic acids is 2. The van der Waals surface area contributed by atoms with E-state index in [9.17, 15) is 9.59 Å². The van der Waals surface area contributed by atoms with Crippen LogP contribution in [-0.2, 0) is 13.9 Å². The molecule has 0 aromatic heterocycles. The van der Waals surface area contributed by atoms with Crippen LogP contribution in [0.2, 0.25) is 0 Å². The molecule has 2 N–H and O–H groups in total. The number of carbonyl (C=O) groups is 2. The van der Waals surface area contributed by atoms with Gasteiger partial charge in [0.2, 0.25) is 0 Å². The first-order chi connectivity index (χ1) is 12.7. The van der Waals surface area contributed by atoms with Gasteiger partial charge in [0.15, 0.2) is 0 Å². The topological polar surface area (TPSA) is 86.4 Å². The molecule has 3 amide bonds. The minimum atomic E-state index is -0.513. The Labute approximate surface area is 158 Å². The maximum absolute atomic E-state index is 12.4. The third-order valence-electron chi connectivity index (χ3n) is 6.03. The highest BCUT2D eigenvalue weighted by molar-refractivity contribution is 7.75. The average Bonchev–Trinajstić information content (AvgIpc) is 3.37. The number of fused-ring (bicyclic) bond motifs is 2. The Morgan fingerprint density at radius 1 is 1.27 bits per heavy atom. The van der Waals surface area contributed by atoms with E-state index in [1.165, 1.54) is 35.9 Å². The molecule has 0 radical (unpaired) electrons. The summed E-state index contributed by atoms with van der Waals surface area (Å²) < 4.78 is 4.83. The fraction of sp³-hybridized carbons (Fsp3) is 0.875. The highest BCUT2D eigenvalue weighted by Crippen LogP contribution is 2.30. The molecule has 2 bridgehead atoms. The highest BCUT2D eigenvalue weighted by Gasteiger charge is 2.48. The van der Waals surface area contributed by atoms with Gasteiger partial charge < -0.3 is 10.2 Å². The summed E-state index contributed by atoms with van der Waals surface area (Å²) in [6.07, 6.45) is 4.93. The molecule has 26 heavy (non-hydrogen) atoms. The van der Waals surface area contributed by atoms with Crippen LogP contribution in [-0.4, -0.2) is 83.8 Å². The Morgan fingerprint density at radius 3 is 2.85 bits per heavy atom. The molecule has 0 saturated carbocycles. The molecule has 146 valence electrons. The number of nitrogens with one attached hydrogen (secondary N) is 2. The van der Waals surface area contributed by atoms with Crippen LogP contribution < -0.4 is 10.8 Å². The van der Waals surface area contributed by atoms with Crippen molar-refractivity contribution in [2.75, 3.05) is 32.8 Å². The Hall–Kier alpha value is -1.07. The molecule has 4 saturated heterocycles. The summed E-state index contributed by atoms with van der Waals surface area (Å²) in [5.74, 6) is -0.271. The van der Waals surface area contributed by atoms with Crippen molar-refractivity contribution in [2.24, 2.45) is 0 Å². The third kappa shape index (κ3) is 3.53. The highest BCUT2D eigenvalue weighted by atomic mass is 32.1. The molecule has 0 aromatic carbocycles. The second-order valence-electron chi connectivity index (χ2n) is 7.60. The number of piperidine rings is 1. The van der Waals surface area contributed by atoms with Gasteiger partial charge in [-0.3, -0.25) is 14.5 Å². The number of hydrogen-bond donors (Lipinski definition) is 3. The number of likely N-dealkylation sites (tertiary alicyclic amines) is 1. The van der Waals surface area contributed by atoms with Crippen LogP contribution in [0.3, 0.4) is 0 Å². The summed E-state index contributed by atoms with van der Waals surface area (Å²) in [4.78, 5) is 34.2. The normalized spacial score (nSPS) is 34.7. The maximum Gasteiger partial charge on any atom is 0.345 e. The van der Waals surface area contributed by atoms with E-state index >= 15 is 0 Å². The molecule has 0 aromatic rings. The minimum Gasteiger partial charge on any atom is -0.310 e. The third-order valence-corrected chi connectivity index (χ3v) is 6.20. The van der Waals surface area contributed by atoms with Crippen molar-refractivity contribution in [3.8, 4) is 0 Å². The molecule has 4 rings (SSSR count). The van der Waals surface area contributed by atoms with Gasteiger partial charge >= 0.3 is 6.03 Å². The Kier molecular flexibility index (Phi) is 5.55. The molecule has 4 aliphatic rings. The first-order valence-electron chi connectivity index (χ1n) is 9.48. The number of amides is 3. The summed E-state index contributed by atoms with van der Waals surface area (Å²) in [6.45, 7) is 4.28. The van der Waals surface area contributed by atoms with Gasteiger partial charge in [-0.2, -0.15) is 5.06 Å². The van der Waals surface area contributed by atoms with Crippen LogP contribution in [0.4, 0.5) is 4.79 Å². The van der Waals surface area contributed by atoms with Crippen molar-refractivity contribution >= 4 is 24.8 Å². The van der Waals surface area contributed by atoms with Gasteiger partial charge in [0.25, 0.3) is 5.91 Å². The van der Waals surface area contributed by atoms with Crippen LogP contribution in [0.1, 0.15) is 32.1 Å². The van der Waals surface area contributed by atoms with E-state index in [4.69, 9.17) is 9.12 Å². The first-order valence-corrected chi connectivity index (χ1v) is 9.84. The van der Waals surface area contributed by atoms with Gasteiger partial charge in [-0.1, -0.05) is 0 Å². The number of thiol groups is 1. The molecular formula is C16H27N5O4S. The summed E-state index contributed by atoms with van der Waals surface area (Å²) >= 11 is 3.73. The molecule has 0 spiro atoms. The van der Waals surface area contributed by atoms with Gasteiger partial charge in [-0.15, -0.1) is 0 Å². The molecule has 4 aliphatic heterocycles. The minimum absolute atomic E-state index is 0.0322. The van der Waals surface area contributed by atoms with E-state index in [1.807, 2.05) is 0 Å². The smallest absolute Gasteiger partial charge is 0.310 e. The number of hydroxylamine groups is 3. The quantitative estimate of drug-likeness (QED) is 0.337. The Morgan fingerprint density at radius 2 is 2.08 bits per heavy atom. The van der Waals surface area contributed by atoms with Gasteiger partial charge in [-0.25, -0.2) is 14.6 Å². The molecule has 0 aliphatic carbocycles. The molecule has 4 heterocycles. The maximum atomic E-state index is 12.4. The van der Waals surface area contributed by atoms with Gasteiger partial charge in [0.05, 0.1) is 12.6 Å². The average molecular weight is 385 g/mol. The second-order valence-corrected chi connectivity index (χ2v) is 7.77. The summed E-state index contributed by atoms with van der Waals surface area (Å²) in [5, 5.41) is 4.70. The zero-order valence-corrected chi connectivity index (χ0v) is 15.7. The first kappa shape index (κ1) is 18.3. The lowest BCUT2D eigenvalue weighted by Gasteiger charge is -2.29. The van der Waals surface area contributed by atoms with Crippen molar-refractivity contribution in [1.29, 1.82) is 0 Å². The van der Waals surface area contributed by atoms with Crippen molar-refractivity contribution in [3.63, 3.8) is 0 Å². The van der Waals surface area contributed by atoms with E-state index < -0.39 is 6.04 Å². The zero-order chi connectivity index (χ0) is 18.1. The SMILES string of the molecule is O=C(NOC[C@@H]1C[C@H](N2CCCC2)CN1)C1CCC2CN1C(=O)N2OS. The number of rotatable bonds is 6.